The van der Waals surface area contributed by atoms with Crippen LogP contribution in [0.25, 0.3) is 0 Å². The summed E-state index contributed by atoms with van der Waals surface area (Å²) in [5.41, 5.74) is 1.54. The Kier molecular flexibility index (Phi) is 8.19. The molecule has 1 saturated heterocycles. The van der Waals surface area contributed by atoms with E-state index in [0.717, 1.165) is 43.7 Å². The van der Waals surface area contributed by atoms with Crippen LogP contribution in [0.4, 0.5) is 5.69 Å². The van der Waals surface area contributed by atoms with Crippen molar-refractivity contribution >= 4 is 24.3 Å². The molecule has 1 aromatic carbocycles. The molecule has 166 valence electrons. The quantitative estimate of drug-likeness (QED) is 0.180. The van der Waals surface area contributed by atoms with Crippen molar-refractivity contribution in [1.82, 2.24) is 15.1 Å². The molecule has 30 heavy (non-hydrogen) atoms. The molecule has 0 bridgehead atoms. The van der Waals surface area contributed by atoms with Crippen LogP contribution in [0, 0.1) is 5.41 Å². The van der Waals surface area contributed by atoms with Gasteiger partial charge in [-0.25, -0.2) is 5.84 Å². The summed E-state index contributed by atoms with van der Waals surface area (Å²) < 4.78 is 0. The number of nitrogens with zero attached hydrogens (tertiary/aromatic N) is 4. The SMILES string of the molecule is CN(Cc1cccc(N(N)/C=N\N)c1)CC1CCCN1C(=O)C(NC=O)C(C)(C)C. The third-order valence-electron chi connectivity index (χ3n) is 5.38. The summed E-state index contributed by atoms with van der Waals surface area (Å²) in [5.74, 6) is 11.1. The van der Waals surface area contributed by atoms with Crippen LogP contribution in [-0.2, 0) is 16.1 Å². The number of anilines is 1. The van der Waals surface area contributed by atoms with Crippen molar-refractivity contribution in [3.8, 4) is 0 Å². The van der Waals surface area contributed by atoms with Crippen molar-refractivity contribution in [1.29, 1.82) is 0 Å². The number of carbonyl (C=O) groups excluding carboxylic acids is 2. The van der Waals surface area contributed by atoms with E-state index in [2.05, 4.69) is 15.3 Å². The summed E-state index contributed by atoms with van der Waals surface area (Å²) in [5, 5.41) is 7.53. The van der Waals surface area contributed by atoms with Crippen LogP contribution in [0.2, 0.25) is 0 Å². The predicted molar refractivity (Wildman–Crippen MR) is 119 cm³/mol. The van der Waals surface area contributed by atoms with Gasteiger partial charge in [-0.2, -0.15) is 5.10 Å². The number of carbonyl (C=O) groups is 2. The lowest BCUT2D eigenvalue weighted by Crippen LogP contribution is -2.55. The largest absolute Gasteiger partial charge is 0.346 e. The van der Waals surface area contributed by atoms with Crippen LogP contribution in [0.1, 0.15) is 39.2 Å². The highest BCUT2D eigenvalue weighted by Crippen LogP contribution is 2.26. The lowest BCUT2D eigenvalue weighted by molar-refractivity contribution is -0.138. The summed E-state index contributed by atoms with van der Waals surface area (Å²) in [4.78, 5) is 28.3. The van der Waals surface area contributed by atoms with Crippen LogP contribution < -0.4 is 22.0 Å². The number of likely N-dealkylation sites (N-methyl/N-ethyl adjacent to an activating group) is 1. The second kappa shape index (κ2) is 10.4. The third-order valence-corrected chi connectivity index (χ3v) is 5.38. The molecule has 2 atom stereocenters. The standard InChI is InChI=1S/C21H35N7O2/c1-21(2,3)19(24-15-29)20(30)27-10-6-9-18(27)13-26(4)12-16-7-5-8-17(11-16)28(23)14-25-22/h5,7-8,11,14-15,18-19H,6,9-10,12-13,22-23H2,1-4H3,(H,24,29)/b25-14-. The van der Waals surface area contributed by atoms with Crippen LogP contribution in [0.3, 0.4) is 0 Å². The van der Waals surface area contributed by atoms with E-state index in [9.17, 15) is 9.59 Å². The molecule has 0 spiro atoms. The van der Waals surface area contributed by atoms with Gasteiger partial charge in [0.15, 0.2) is 0 Å². The highest BCUT2D eigenvalue weighted by molar-refractivity contribution is 5.85. The number of benzene rings is 1. The molecule has 1 aliphatic rings. The molecular formula is C21H35N7O2. The van der Waals surface area contributed by atoms with E-state index in [1.54, 1.807) is 0 Å². The molecule has 0 aliphatic carbocycles. The van der Waals surface area contributed by atoms with Crippen molar-refractivity contribution in [3.05, 3.63) is 29.8 Å². The lowest BCUT2D eigenvalue weighted by atomic mass is 9.85. The number of hydrogen-bond acceptors (Lipinski definition) is 6. The summed E-state index contributed by atoms with van der Waals surface area (Å²) in [6.07, 6.45) is 3.90. The maximum Gasteiger partial charge on any atom is 0.245 e. The fourth-order valence-electron chi connectivity index (χ4n) is 3.93. The third kappa shape index (κ3) is 6.17. The molecule has 1 aliphatic heterocycles. The zero-order valence-corrected chi connectivity index (χ0v) is 18.4. The topological polar surface area (TPSA) is 120 Å². The number of nitrogens with two attached hydrogens (primary N) is 2. The number of hydrazine groups is 1. The Labute approximate surface area is 179 Å². The van der Waals surface area contributed by atoms with Gasteiger partial charge < -0.3 is 21.0 Å². The Bertz CT molecular complexity index is 747. The molecule has 1 fully saturated rings. The average molecular weight is 418 g/mol. The molecule has 1 aromatic rings. The molecule has 0 radical (unpaired) electrons. The number of amides is 2. The monoisotopic (exact) mass is 417 g/mol. The molecule has 0 saturated carbocycles. The van der Waals surface area contributed by atoms with Crippen molar-refractivity contribution in [2.75, 3.05) is 25.1 Å². The molecule has 9 nitrogen and oxygen atoms in total. The molecule has 1 heterocycles. The smallest absolute Gasteiger partial charge is 0.245 e. The van der Waals surface area contributed by atoms with Gasteiger partial charge in [-0.3, -0.25) is 14.6 Å². The van der Waals surface area contributed by atoms with Crippen molar-refractivity contribution in [2.45, 2.75) is 52.2 Å². The number of hydrogen-bond donors (Lipinski definition) is 3. The molecule has 2 rings (SSSR count). The van der Waals surface area contributed by atoms with Crippen molar-refractivity contribution in [3.63, 3.8) is 0 Å². The highest BCUT2D eigenvalue weighted by atomic mass is 16.2. The zero-order chi connectivity index (χ0) is 22.3. The molecule has 5 N–H and O–H groups in total. The summed E-state index contributed by atoms with van der Waals surface area (Å²) in [6, 6.07) is 7.44. The predicted octanol–water partition coefficient (Wildman–Crippen LogP) is 0.852. The molecule has 9 heteroatoms. The van der Waals surface area contributed by atoms with Crippen molar-refractivity contribution in [2.24, 2.45) is 22.2 Å². The number of likely N-dealkylation sites (tertiary alicyclic amines) is 1. The van der Waals surface area contributed by atoms with E-state index in [4.69, 9.17) is 11.7 Å². The Morgan fingerprint density at radius 2 is 2.17 bits per heavy atom. The van der Waals surface area contributed by atoms with Crippen LogP contribution in [0.5, 0.6) is 0 Å². The molecule has 2 amide bonds. The zero-order valence-electron chi connectivity index (χ0n) is 18.4. The van der Waals surface area contributed by atoms with Crippen LogP contribution in [-0.4, -0.2) is 60.7 Å². The van der Waals surface area contributed by atoms with Crippen LogP contribution in [0.15, 0.2) is 29.4 Å². The number of hydrazone groups is 1. The van der Waals surface area contributed by atoms with Gasteiger partial charge in [0.2, 0.25) is 12.3 Å². The minimum atomic E-state index is -0.530. The molecule has 2 unspecified atom stereocenters. The summed E-state index contributed by atoms with van der Waals surface area (Å²) in [6.45, 7) is 8.09. The first-order chi connectivity index (χ1) is 14.2. The second-order valence-electron chi connectivity index (χ2n) is 8.95. The van der Waals surface area contributed by atoms with Crippen molar-refractivity contribution < 1.29 is 9.59 Å². The van der Waals surface area contributed by atoms with E-state index < -0.39 is 6.04 Å². The van der Waals surface area contributed by atoms with Crippen LogP contribution >= 0.6 is 0 Å². The van der Waals surface area contributed by atoms with E-state index in [0.29, 0.717) is 6.41 Å². The van der Waals surface area contributed by atoms with Gasteiger partial charge in [0.1, 0.15) is 12.4 Å². The Balaban J connectivity index is 2.04. The van der Waals surface area contributed by atoms with Gasteiger partial charge in [0, 0.05) is 25.7 Å². The lowest BCUT2D eigenvalue weighted by Gasteiger charge is -2.36. The summed E-state index contributed by atoms with van der Waals surface area (Å²) in [7, 11) is 2.04. The fourth-order valence-corrected chi connectivity index (χ4v) is 3.93. The fraction of sp³-hybridized carbons (Fsp3) is 0.571. The Morgan fingerprint density at radius 3 is 2.80 bits per heavy atom. The van der Waals surface area contributed by atoms with Gasteiger partial charge in [-0.15, -0.1) is 0 Å². The maximum absolute atomic E-state index is 13.2. The highest BCUT2D eigenvalue weighted by Gasteiger charge is 2.38. The van der Waals surface area contributed by atoms with E-state index in [1.807, 2.05) is 57.0 Å². The normalized spacial score (nSPS) is 18.1. The minimum absolute atomic E-state index is 0.00709. The van der Waals surface area contributed by atoms with Gasteiger partial charge in [-0.05, 0) is 43.0 Å². The molecule has 0 aromatic heterocycles. The first-order valence-electron chi connectivity index (χ1n) is 10.2. The van der Waals surface area contributed by atoms with Gasteiger partial charge >= 0.3 is 0 Å². The Morgan fingerprint density at radius 1 is 1.43 bits per heavy atom. The average Bonchev–Trinajstić information content (AvgIpc) is 3.13. The Hall–Kier alpha value is -2.65. The van der Waals surface area contributed by atoms with E-state index >= 15 is 0 Å². The van der Waals surface area contributed by atoms with E-state index in [-0.39, 0.29) is 17.4 Å². The maximum atomic E-state index is 13.2. The number of nitrogens with one attached hydrogen (secondary N) is 1. The summed E-state index contributed by atoms with van der Waals surface area (Å²) >= 11 is 0. The van der Waals surface area contributed by atoms with Gasteiger partial charge in [-0.1, -0.05) is 32.9 Å². The first kappa shape index (κ1) is 23.6. The minimum Gasteiger partial charge on any atom is -0.346 e. The molecular weight excluding hydrogens is 382 g/mol. The van der Waals surface area contributed by atoms with E-state index in [1.165, 1.54) is 11.3 Å². The van der Waals surface area contributed by atoms with Gasteiger partial charge in [0.25, 0.3) is 0 Å². The number of rotatable bonds is 9. The second-order valence-corrected chi connectivity index (χ2v) is 8.95. The van der Waals surface area contributed by atoms with Gasteiger partial charge in [0.05, 0.1) is 5.69 Å². The first-order valence-corrected chi connectivity index (χ1v) is 10.2.